The van der Waals surface area contributed by atoms with Crippen LogP contribution in [0.5, 0.6) is 11.5 Å². The van der Waals surface area contributed by atoms with Crippen LogP contribution in [-0.2, 0) is 11.4 Å². The molecule has 1 amide bonds. The van der Waals surface area contributed by atoms with E-state index in [0.29, 0.717) is 28.6 Å². The van der Waals surface area contributed by atoms with Crippen LogP contribution in [0.4, 0.5) is 0 Å². The third kappa shape index (κ3) is 6.09. The van der Waals surface area contributed by atoms with E-state index >= 15 is 0 Å². The number of carbonyl (C=O) groups excluding carboxylic acids is 1. The van der Waals surface area contributed by atoms with Crippen molar-refractivity contribution in [2.45, 2.75) is 6.61 Å². The number of nitrogens with zero attached hydrogens (tertiary/aromatic N) is 2. The van der Waals surface area contributed by atoms with Crippen LogP contribution in [0.3, 0.4) is 0 Å². The van der Waals surface area contributed by atoms with Crippen molar-refractivity contribution in [2.24, 2.45) is 5.10 Å². The summed E-state index contributed by atoms with van der Waals surface area (Å²) in [5, 5.41) is 5.60. The van der Waals surface area contributed by atoms with Crippen LogP contribution in [0.15, 0.2) is 88.6 Å². The minimum Gasteiger partial charge on any atom is -0.488 e. The van der Waals surface area contributed by atoms with E-state index in [1.807, 2.05) is 66.7 Å². The molecule has 1 aromatic heterocycles. The smallest absolute Gasteiger partial charge is 0.277 e. The van der Waals surface area contributed by atoms with Crippen LogP contribution in [0.2, 0.25) is 5.02 Å². The summed E-state index contributed by atoms with van der Waals surface area (Å²) in [4.78, 5) is 16.4. The molecule has 0 saturated heterocycles. The Bertz CT molecular complexity index is 1310. The second-order valence-corrected chi connectivity index (χ2v) is 8.24. The van der Waals surface area contributed by atoms with E-state index in [1.54, 1.807) is 18.5 Å². The quantitative estimate of drug-likeness (QED) is 0.235. The monoisotopic (exact) mass is 523 g/mol. The first-order valence-electron chi connectivity index (χ1n) is 10.0. The van der Waals surface area contributed by atoms with Crippen LogP contribution in [0.1, 0.15) is 11.1 Å². The maximum absolute atomic E-state index is 12.1. The lowest BCUT2D eigenvalue weighted by Gasteiger charge is -2.10. The molecule has 0 aliphatic heterocycles. The molecule has 4 rings (SSSR count). The molecular weight excluding hydrogens is 506 g/mol. The van der Waals surface area contributed by atoms with Gasteiger partial charge < -0.3 is 9.47 Å². The van der Waals surface area contributed by atoms with Gasteiger partial charge in [0.05, 0.1) is 10.7 Å². The van der Waals surface area contributed by atoms with E-state index in [-0.39, 0.29) is 12.5 Å². The lowest BCUT2D eigenvalue weighted by molar-refractivity contribution is -0.123. The molecule has 0 radical (unpaired) electrons. The summed E-state index contributed by atoms with van der Waals surface area (Å²) in [5.74, 6) is 0.842. The Balaban J connectivity index is 1.29. The van der Waals surface area contributed by atoms with Gasteiger partial charge in [0, 0.05) is 22.2 Å². The summed E-state index contributed by atoms with van der Waals surface area (Å²) >= 11 is 9.66. The first-order chi connectivity index (χ1) is 16.1. The maximum atomic E-state index is 12.1. The molecule has 0 spiro atoms. The summed E-state index contributed by atoms with van der Waals surface area (Å²) in [6.45, 7) is 0.180. The van der Waals surface area contributed by atoms with E-state index in [0.717, 1.165) is 21.0 Å². The molecule has 0 saturated carbocycles. The fraction of sp³-hybridized carbons (Fsp3) is 0.0800. The SMILES string of the molecule is O=C(COc1cccc2cccnc12)N/N=C/c1ccc(OCc2ccccc2Cl)c(Br)c1. The molecule has 0 aliphatic carbocycles. The van der Waals surface area contributed by atoms with Crippen LogP contribution in [0, 0.1) is 0 Å². The number of fused-ring (bicyclic) bond motifs is 1. The second-order valence-electron chi connectivity index (χ2n) is 6.98. The van der Waals surface area contributed by atoms with Crippen molar-refractivity contribution >= 4 is 50.6 Å². The second kappa shape index (κ2) is 10.9. The normalized spacial score (nSPS) is 11.0. The molecule has 3 aromatic carbocycles. The van der Waals surface area contributed by atoms with Gasteiger partial charge in [0.15, 0.2) is 6.61 Å². The topological polar surface area (TPSA) is 72.8 Å². The highest BCUT2D eigenvalue weighted by molar-refractivity contribution is 9.10. The Labute approximate surface area is 204 Å². The van der Waals surface area contributed by atoms with Crippen LogP contribution >= 0.6 is 27.5 Å². The number of para-hydroxylation sites is 1. The maximum Gasteiger partial charge on any atom is 0.277 e. The van der Waals surface area contributed by atoms with Gasteiger partial charge in [-0.1, -0.05) is 48.0 Å². The number of rotatable bonds is 8. The number of hydrogen-bond acceptors (Lipinski definition) is 5. The molecule has 4 aromatic rings. The Kier molecular flexibility index (Phi) is 7.55. The lowest BCUT2D eigenvalue weighted by atomic mass is 10.2. The van der Waals surface area contributed by atoms with Crippen molar-refractivity contribution in [3.05, 3.63) is 99.6 Å². The van der Waals surface area contributed by atoms with Crippen molar-refractivity contribution in [3.63, 3.8) is 0 Å². The molecular formula is C25H19BrClN3O3. The Morgan fingerprint density at radius 3 is 2.73 bits per heavy atom. The Morgan fingerprint density at radius 2 is 1.88 bits per heavy atom. The molecule has 1 heterocycles. The minimum absolute atomic E-state index is 0.175. The van der Waals surface area contributed by atoms with Gasteiger partial charge in [0.2, 0.25) is 0 Å². The molecule has 166 valence electrons. The first-order valence-corrected chi connectivity index (χ1v) is 11.2. The van der Waals surface area contributed by atoms with E-state index in [2.05, 4.69) is 31.4 Å². The van der Waals surface area contributed by atoms with Crippen LogP contribution in [-0.4, -0.2) is 23.7 Å². The number of amides is 1. The van der Waals surface area contributed by atoms with Crippen molar-refractivity contribution in [1.82, 2.24) is 10.4 Å². The predicted molar refractivity (Wildman–Crippen MR) is 133 cm³/mol. The van der Waals surface area contributed by atoms with Gasteiger partial charge in [-0.05, 0) is 57.9 Å². The first kappa shape index (κ1) is 22.8. The summed E-state index contributed by atoms with van der Waals surface area (Å²) in [6, 6.07) is 22.4. The molecule has 0 bridgehead atoms. The lowest BCUT2D eigenvalue weighted by Crippen LogP contribution is -2.24. The molecule has 0 fully saturated rings. The van der Waals surface area contributed by atoms with Crippen molar-refractivity contribution in [1.29, 1.82) is 0 Å². The summed E-state index contributed by atoms with van der Waals surface area (Å²) < 4.78 is 12.2. The van der Waals surface area contributed by atoms with E-state index in [4.69, 9.17) is 21.1 Å². The Hall–Kier alpha value is -3.42. The molecule has 0 aliphatic rings. The van der Waals surface area contributed by atoms with E-state index in [9.17, 15) is 4.79 Å². The molecule has 6 nitrogen and oxygen atoms in total. The van der Waals surface area contributed by atoms with Gasteiger partial charge in [-0.15, -0.1) is 0 Å². The van der Waals surface area contributed by atoms with Gasteiger partial charge in [-0.3, -0.25) is 9.78 Å². The van der Waals surface area contributed by atoms with Crippen molar-refractivity contribution in [2.75, 3.05) is 6.61 Å². The van der Waals surface area contributed by atoms with Gasteiger partial charge in [0.25, 0.3) is 5.91 Å². The summed E-state index contributed by atoms with van der Waals surface area (Å²) in [5.41, 5.74) is 4.85. The average Bonchev–Trinajstić information content (AvgIpc) is 2.83. The Morgan fingerprint density at radius 1 is 1.03 bits per heavy atom. The molecule has 0 atom stereocenters. The standard InChI is InChI=1S/C25H19BrClN3O3/c26-20-13-17(10-11-22(20)32-15-19-5-1-2-8-21(19)27)14-29-30-24(31)16-33-23-9-3-6-18-7-4-12-28-25(18)23/h1-14H,15-16H2,(H,30,31)/b29-14+. The number of nitrogens with one attached hydrogen (secondary N) is 1. The predicted octanol–water partition coefficient (Wildman–Crippen LogP) is 5.76. The fourth-order valence-corrected chi connectivity index (χ4v) is 3.73. The number of hydrazone groups is 1. The number of benzene rings is 3. The van der Waals surface area contributed by atoms with Gasteiger partial charge >= 0.3 is 0 Å². The zero-order valence-corrected chi connectivity index (χ0v) is 19.7. The van der Waals surface area contributed by atoms with Crippen LogP contribution < -0.4 is 14.9 Å². The summed E-state index contributed by atoms with van der Waals surface area (Å²) in [7, 11) is 0. The third-order valence-electron chi connectivity index (χ3n) is 4.65. The molecule has 33 heavy (non-hydrogen) atoms. The minimum atomic E-state index is -0.377. The van der Waals surface area contributed by atoms with Gasteiger partial charge in [-0.2, -0.15) is 5.10 Å². The number of ether oxygens (including phenoxy) is 2. The highest BCUT2D eigenvalue weighted by Gasteiger charge is 2.07. The average molecular weight is 525 g/mol. The zero-order valence-electron chi connectivity index (χ0n) is 17.4. The fourth-order valence-electron chi connectivity index (χ4n) is 3.03. The number of pyridine rings is 1. The third-order valence-corrected chi connectivity index (χ3v) is 5.64. The van der Waals surface area contributed by atoms with Crippen LogP contribution in [0.25, 0.3) is 10.9 Å². The van der Waals surface area contributed by atoms with E-state index in [1.165, 1.54) is 0 Å². The van der Waals surface area contributed by atoms with E-state index < -0.39 is 0 Å². The molecule has 8 heteroatoms. The highest BCUT2D eigenvalue weighted by atomic mass is 79.9. The van der Waals surface area contributed by atoms with Gasteiger partial charge in [0.1, 0.15) is 23.6 Å². The number of carbonyl (C=O) groups is 1. The number of hydrogen-bond donors (Lipinski definition) is 1. The largest absolute Gasteiger partial charge is 0.488 e. The molecule has 0 unspecified atom stereocenters. The number of aromatic nitrogens is 1. The summed E-state index contributed by atoms with van der Waals surface area (Å²) in [6.07, 6.45) is 3.23. The molecule has 1 N–H and O–H groups in total. The number of halogens is 2. The zero-order chi connectivity index (χ0) is 23.0. The van der Waals surface area contributed by atoms with Crippen molar-refractivity contribution < 1.29 is 14.3 Å². The van der Waals surface area contributed by atoms with Gasteiger partial charge in [-0.25, -0.2) is 5.43 Å². The highest BCUT2D eigenvalue weighted by Crippen LogP contribution is 2.27. The van der Waals surface area contributed by atoms with Crippen molar-refractivity contribution in [3.8, 4) is 11.5 Å².